The number of allylic oxidation sites excluding steroid dienone is 3. The molecule has 0 aliphatic carbocycles. The quantitative estimate of drug-likeness (QED) is 0.0428. The Balaban J connectivity index is 0. The molecule has 0 fully saturated rings. The highest BCUT2D eigenvalue weighted by Crippen LogP contribution is 2.36. The molecule has 3 aromatic rings. The van der Waals surface area contributed by atoms with Crippen molar-refractivity contribution in [3.05, 3.63) is 128 Å². The van der Waals surface area contributed by atoms with E-state index in [1.165, 1.54) is 0 Å². The van der Waals surface area contributed by atoms with Crippen LogP contribution in [0.1, 0.15) is 264 Å². The summed E-state index contributed by atoms with van der Waals surface area (Å²) in [6.45, 7) is 56.1. The average Bonchev–Trinajstić information content (AvgIpc) is 1.66. The largest absolute Gasteiger partial charge is 0.519 e. The van der Waals surface area contributed by atoms with E-state index in [4.69, 9.17) is 69.7 Å². The minimum absolute atomic E-state index is 0.0316. The Labute approximate surface area is 646 Å². The number of hydrogen-bond donors (Lipinski definition) is 4. The van der Waals surface area contributed by atoms with Gasteiger partial charge in [-0.25, -0.2) is 9.59 Å². The molecule has 7 rings (SSSR count). The second kappa shape index (κ2) is 54.8. The Kier molecular flexibility index (Phi) is 51.9. The maximum atomic E-state index is 11.7. The van der Waals surface area contributed by atoms with E-state index >= 15 is 0 Å². The minimum atomic E-state index is -0.601. The lowest BCUT2D eigenvalue weighted by atomic mass is 9.94. The molecule has 4 aliphatic rings. The highest BCUT2D eigenvalue weighted by Gasteiger charge is 2.33. The van der Waals surface area contributed by atoms with Crippen molar-refractivity contribution in [1.29, 1.82) is 0 Å². The van der Waals surface area contributed by atoms with Gasteiger partial charge in [-0.15, -0.1) is 0 Å². The van der Waals surface area contributed by atoms with Gasteiger partial charge in [-0.1, -0.05) is 222 Å². The molecular weight excluding hydrogens is 1380 g/mol. The number of rotatable bonds is 26. The predicted octanol–water partition coefficient (Wildman–Crippen LogP) is 16.1. The molecule has 23 nitrogen and oxygen atoms in total. The van der Waals surface area contributed by atoms with Crippen molar-refractivity contribution in [3.63, 3.8) is 0 Å². The molecule has 5 heterocycles. The molecule has 0 spiro atoms. The van der Waals surface area contributed by atoms with Gasteiger partial charge in [0.1, 0.15) is 59.1 Å². The van der Waals surface area contributed by atoms with E-state index < -0.39 is 30.0 Å². The van der Waals surface area contributed by atoms with Gasteiger partial charge in [0.25, 0.3) is 0 Å². The normalized spacial score (nSPS) is 15.9. The molecule has 0 bridgehead atoms. The van der Waals surface area contributed by atoms with Crippen molar-refractivity contribution < 1.29 is 85.1 Å². The zero-order valence-corrected chi connectivity index (χ0v) is 70.6. The predicted molar refractivity (Wildman–Crippen MR) is 424 cm³/mol. The number of esters is 8. The van der Waals surface area contributed by atoms with Gasteiger partial charge in [0, 0.05) is 36.2 Å². The zero-order chi connectivity index (χ0) is 83.4. The van der Waals surface area contributed by atoms with E-state index in [2.05, 4.69) is 83.1 Å². The molecule has 614 valence electrons. The second-order valence-electron chi connectivity index (χ2n) is 31.4. The van der Waals surface area contributed by atoms with Gasteiger partial charge in [-0.2, -0.15) is 0 Å². The fourth-order valence-electron chi connectivity index (χ4n) is 9.07. The summed E-state index contributed by atoms with van der Waals surface area (Å²) in [7, 11) is 0. The molecule has 0 radical (unpaired) electrons. The van der Waals surface area contributed by atoms with Crippen LogP contribution in [-0.2, 0) is 77.9 Å². The first-order valence-corrected chi connectivity index (χ1v) is 38.6. The molecule has 0 amide bonds. The highest BCUT2D eigenvalue weighted by molar-refractivity contribution is 5.94. The summed E-state index contributed by atoms with van der Waals surface area (Å²) in [5, 5.41) is 0. The molecule has 4 unspecified atom stereocenters. The van der Waals surface area contributed by atoms with Crippen LogP contribution in [0.15, 0.2) is 103 Å². The van der Waals surface area contributed by atoms with Crippen LogP contribution in [0.5, 0.6) is 0 Å². The van der Waals surface area contributed by atoms with E-state index in [-0.39, 0.29) is 65.7 Å². The third-order valence-corrected chi connectivity index (χ3v) is 16.6. The van der Waals surface area contributed by atoms with E-state index in [9.17, 15) is 43.2 Å². The Bertz CT molecular complexity index is 3250. The van der Waals surface area contributed by atoms with E-state index in [0.29, 0.717) is 135 Å². The third kappa shape index (κ3) is 44.1. The molecule has 0 saturated carbocycles. The topological polar surface area (TPSA) is 358 Å². The Hall–Kier alpha value is -7.73. The molecule has 108 heavy (non-hydrogen) atoms. The minimum Gasteiger partial charge on any atom is -0.464 e. The van der Waals surface area contributed by atoms with Crippen molar-refractivity contribution in [2.75, 3.05) is 26.4 Å². The summed E-state index contributed by atoms with van der Waals surface area (Å²) in [5.74, 6) is 6.29. The molecule has 1 aromatic heterocycles. The summed E-state index contributed by atoms with van der Waals surface area (Å²) < 4.78 is 49.7. The van der Waals surface area contributed by atoms with Gasteiger partial charge in [0.05, 0.1) is 51.3 Å². The van der Waals surface area contributed by atoms with E-state index in [0.717, 1.165) is 52.4 Å². The summed E-state index contributed by atoms with van der Waals surface area (Å²) >= 11 is 0. The fourth-order valence-corrected chi connectivity index (χ4v) is 9.07. The molecule has 4 aliphatic heterocycles. The maximum absolute atomic E-state index is 11.7. The van der Waals surface area contributed by atoms with Crippen LogP contribution < -0.4 is 28.8 Å². The van der Waals surface area contributed by atoms with Gasteiger partial charge < -0.3 is 69.7 Å². The number of carbonyl (C=O) groups excluding carboxylic acids is 8. The van der Waals surface area contributed by atoms with Crippen LogP contribution in [0.3, 0.4) is 0 Å². The van der Waals surface area contributed by atoms with Gasteiger partial charge in [-0.3, -0.25) is 33.6 Å². The number of benzene rings is 2. The number of fused-ring (bicyclic) bond motifs is 1. The van der Waals surface area contributed by atoms with Crippen molar-refractivity contribution in [2.45, 2.75) is 268 Å². The average molecular weight is 1520 g/mol. The molecule has 8 atom stereocenters. The van der Waals surface area contributed by atoms with Gasteiger partial charge >= 0.3 is 53.6 Å². The number of ether oxygens (including phenoxy) is 8. The van der Waals surface area contributed by atoms with Crippen LogP contribution in [0, 0.1) is 77.9 Å². The SMILES string of the molecule is CC(C)C(C)C1=CCC(=O)O1.CC(C)C1OC(=O)c2ccccc21.CC(C)CC1=CCC(=O)O1.CC(C)COC(=O)[C@@H](N)C(C)C.CC(C)COC(=O)[C@@H](N)C(C)c1ccccc1.CC1=C(C(C)C(C)C)OC(=O)C1.CC[C@H](N)C(=O)OCC(C)C.CC[C@H](N)C(=O)OCC(C)C.Cc1oc(=O)oc1CC(C)C. The summed E-state index contributed by atoms with van der Waals surface area (Å²) in [5.41, 5.74) is 26.2. The van der Waals surface area contributed by atoms with Crippen LogP contribution in [0.2, 0.25) is 0 Å². The lowest BCUT2D eigenvalue weighted by Gasteiger charge is -2.19. The van der Waals surface area contributed by atoms with Crippen LogP contribution in [0.4, 0.5) is 0 Å². The van der Waals surface area contributed by atoms with Crippen molar-refractivity contribution in [1.82, 2.24) is 0 Å². The summed E-state index contributed by atoms with van der Waals surface area (Å²) in [4.78, 5) is 98.8. The maximum Gasteiger partial charge on any atom is 0.519 e. The third-order valence-electron chi connectivity index (χ3n) is 16.6. The molecule has 2 aromatic carbocycles. The van der Waals surface area contributed by atoms with Crippen molar-refractivity contribution in [3.8, 4) is 0 Å². The Morgan fingerprint density at radius 1 is 0.463 bits per heavy atom. The molecule has 8 N–H and O–H groups in total. The monoisotopic (exact) mass is 1520 g/mol. The van der Waals surface area contributed by atoms with Crippen LogP contribution in [0.25, 0.3) is 0 Å². The standard InChI is InChI=1S/C14H21NO2.C11H12O2.C10H16O2.C9H19NO2.C9H14O2.2C8H17NO2.C8H12O3.C8H12O2/c1-10(2)9-17-14(16)13(15)11(3)12-7-5-4-6-8-12;1-7(2)10-8-5-3-4-6-9(8)11(12)13-10;1-6(2)8(4)10-7(3)5-9(11)12-10;1-6(2)5-12-9(11)8(10)7(3)4;1-6(2)7(3)8-4-5-9(10)11-8;2*1-4-7(9)8(10)11-5-6(2)3;1-5(2)4-7-6(3)10-8(9)11-7;1-6(2)5-7-3-4-8(9)10-7/h4-8,10-11,13H,9,15H2,1-3H3;3-7,10H,1-2H3;6,8H,5H2,1-4H3;6-8H,5,10H2,1-4H3;4,6-7H,5H2,1-3H3;2*6-7H,4-5,9H2,1-3H3;5H,4H2,1-3H3;3,6H,4-5H2,1-2H3/t11?,13-;;;8-;;2*7-;;/m0..0.00../s1. The first kappa shape index (κ1) is 102. The first-order chi connectivity index (χ1) is 50.2. The number of nitrogens with two attached hydrogens (primary N) is 4. The molecule has 0 saturated heterocycles. The lowest BCUT2D eigenvalue weighted by Crippen LogP contribution is -2.37. The zero-order valence-electron chi connectivity index (χ0n) is 70.6. The molecule has 23 heteroatoms. The van der Waals surface area contributed by atoms with Gasteiger partial charge in [0.15, 0.2) is 0 Å². The molecular formula is C85H140N4O19. The number of carbonyl (C=O) groups is 8. The van der Waals surface area contributed by atoms with E-state index in [1.54, 1.807) is 6.92 Å². The first-order valence-electron chi connectivity index (χ1n) is 38.6. The van der Waals surface area contributed by atoms with Crippen LogP contribution >= 0.6 is 0 Å². The van der Waals surface area contributed by atoms with Crippen LogP contribution in [-0.4, -0.2) is 98.3 Å². The Morgan fingerprint density at radius 2 is 0.898 bits per heavy atom. The fraction of sp³-hybridized carbons (Fsp3) is 0.659. The van der Waals surface area contributed by atoms with E-state index in [1.807, 2.05) is 164 Å². The van der Waals surface area contributed by atoms with Crippen molar-refractivity contribution >= 4 is 47.8 Å². The van der Waals surface area contributed by atoms with Crippen molar-refractivity contribution in [2.24, 2.45) is 93.9 Å². The second-order valence-corrected chi connectivity index (χ2v) is 31.4. The smallest absolute Gasteiger partial charge is 0.464 e. The Morgan fingerprint density at radius 3 is 1.26 bits per heavy atom. The van der Waals surface area contributed by atoms with Gasteiger partial charge in [0.2, 0.25) is 0 Å². The number of cyclic esters (lactones) is 4. The summed E-state index contributed by atoms with van der Waals surface area (Å²) in [6, 6.07) is 15.4. The van der Waals surface area contributed by atoms with Gasteiger partial charge in [-0.05, 0) is 115 Å². The number of hydrogen-bond acceptors (Lipinski definition) is 23. The summed E-state index contributed by atoms with van der Waals surface area (Å²) in [6.07, 6.45) is 8.00. The highest BCUT2D eigenvalue weighted by atomic mass is 16.6. The number of aryl methyl sites for hydroxylation is 1. The lowest BCUT2D eigenvalue weighted by molar-refractivity contribution is -0.148.